The van der Waals surface area contributed by atoms with E-state index < -0.39 is 5.97 Å². The van der Waals surface area contributed by atoms with E-state index in [2.05, 4.69) is 47.4 Å². The molecule has 3 aromatic carbocycles. The Hall–Kier alpha value is -3.31. The van der Waals surface area contributed by atoms with Crippen LogP contribution in [-0.4, -0.2) is 29.1 Å². The zero-order chi connectivity index (χ0) is 21.9. The summed E-state index contributed by atoms with van der Waals surface area (Å²) < 4.78 is 11.4. The zero-order valence-electron chi connectivity index (χ0n) is 18.0. The molecule has 0 bridgehead atoms. The summed E-state index contributed by atoms with van der Waals surface area (Å²) in [5.41, 5.74) is 6.95. The van der Waals surface area contributed by atoms with Crippen LogP contribution < -0.4 is 9.47 Å². The van der Waals surface area contributed by atoms with E-state index in [0.29, 0.717) is 5.75 Å². The Balaban J connectivity index is 1.21. The molecular formula is C27H27NO4. The number of aliphatic carboxylic acids is 1. The van der Waals surface area contributed by atoms with E-state index in [-0.39, 0.29) is 12.7 Å². The molecule has 0 saturated carbocycles. The number of benzene rings is 3. The second kappa shape index (κ2) is 9.05. The number of fused-ring (bicyclic) bond motifs is 2. The minimum Gasteiger partial charge on any atom is -0.486 e. The third-order valence-electron chi connectivity index (χ3n) is 6.31. The van der Waals surface area contributed by atoms with Crippen molar-refractivity contribution >= 4 is 5.97 Å². The fourth-order valence-corrected chi connectivity index (χ4v) is 4.72. The minimum atomic E-state index is -0.989. The van der Waals surface area contributed by atoms with Gasteiger partial charge in [0.2, 0.25) is 0 Å². The van der Waals surface area contributed by atoms with Crippen molar-refractivity contribution < 1.29 is 19.4 Å². The highest BCUT2D eigenvalue weighted by molar-refractivity contribution is 5.68. The maximum Gasteiger partial charge on any atom is 0.341 e. The summed E-state index contributed by atoms with van der Waals surface area (Å²) in [7, 11) is 0. The monoisotopic (exact) mass is 429 g/mol. The van der Waals surface area contributed by atoms with Crippen LogP contribution in [0, 0.1) is 0 Å². The molecule has 0 radical (unpaired) electrons. The van der Waals surface area contributed by atoms with Crippen molar-refractivity contribution in [3.8, 4) is 11.5 Å². The number of carboxylic acid groups (broad SMARTS) is 1. The highest BCUT2D eigenvalue weighted by Crippen LogP contribution is 2.36. The first-order valence-electron chi connectivity index (χ1n) is 11.2. The van der Waals surface area contributed by atoms with Crippen molar-refractivity contribution in [1.29, 1.82) is 0 Å². The van der Waals surface area contributed by atoms with E-state index >= 15 is 0 Å². The molecule has 0 saturated heterocycles. The summed E-state index contributed by atoms with van der Waals surface area (Å²) in [6, 6.07) is 22.7. The fraction of sp³-hybridized carbons (Fsp3) is 0.296. The van der Waals surface area contributed by atoms with E-state index in [1.165, 1.54) is 27.8 Å². The van der Waals surface area contributed by atoms with Crippen LogP contribution in [0.25, 0.3) is 0 Å². The second-order valence-electron chi connectivity index (χ2n) is 8.56. The summed E-state index contributed by atoms with van der Waals surface area (Å²) >= 11 is 0. The first kappa shape index (κ1) is 20.6. The molecule has 0 unspecified atom stereocenters. The van der Waals surface area contributed by atoms with E-state index in [0.717, 1.165) is 44.6 Å². The number of nitrogens with zero attached hydrogens (tertiary/aromatic N) is 1. The van der Waals surface area contributed by atoms with Gasteiger partial charge in [0.05, 0.1) is 0 Å². The summed E-state index contributed by atoms with van der Waals surface area (Å²) in [5.74, 6) is 0.301. The molecule has 3 aromatic rings. The molecule has 1 atom stereocenters. The van der Waals surface area contributed by atoms with Gasteiger partial charge in [-0.25, -0.2) is 4.79 Å². The summed E-state index contributed by atoms with van der Waals surface area (Å²) in [5, 5.41) is 8.71. The highest BCUT2D eigenvalue weighted by atomic mass is 16.5. The van der Waals surface area contributed by atoms with Gasteiger partial charge in [-0.1, -0.05) is 42.5 Å². The third-order valence-corrected chi connectivity index (χ3v) is 6.31. The molecule has 32 heavy (non-hydrogen) atoms. The molecular weight excluding hydrogens is 402 g/mol. The lowest BCUT2D eigenvalue weighted by Crippen LogP contribution is -2.30. The normalized spacial score (nSPS) is 17.4. The Labute approximate surface area is 188 Å². The molecule has 0 amide bonds. The fourth-order valence-electron chi connectivity index (χ4n) is 4.72. The number of rotatable bonds is 7. The average molecular weight is 430 g/mol. The van der Waals surface area contributed by atoms with Crippen molar-refractivity contribution in [3.63, 3.8) is 0 Å². The van der Waals surface area contributed by atoms with E-state index in [1.54, 1.807) is 12.1 Å². The second-order valence-corrected chi connectivity index (χ2v) is 8.56. The van der Waals surface area contributed by atoms with E-state index in [1.807, 2.05) is 12.1 Å². The van der Waals surface area contributed by atoms with Gasteiger partial charge in [0, 0.05) is 19.6 Å². The Kier molecular flexibility index (Phi) is 5.82. The Bertz CT molecular complexity index is 1110. The molecule has 1 N–H and O–H groups in total. The minimum absolute atomic E-state index is 0.0479. The Morgan fingerprint density at radius 2 is 1.72 bits per heavy atom. The number of hydrogen-bond acceptors (Lipinski definition) is 4. The van der Waals surface area contributed by atoms with Crippen LogP contribution in [0.2, 0.25) is 0 Å². The van der Waals surface area contributed by atoms with Crippen LogP contribution in [0.15, 0.2) is 66.7 Å². The molecule has 5 nitrogen and oxygen atoms in total. The van der Waals surface area contributed by atoms with Gasteiger partial charge in [-0.3, -0.25) is 4.90 Å². The molecule has 5 heteroatoms. The van der Waals surface area contributed by atoms with Crippen molar-refractivity contribution in [1.82, 2.24) is 4.90 Å². The van der Waals surface area contributed by atoms with Gasteiger partial charge < -0.3 is 14.6 Å². The predicted molar refractivity (Wildman–Crippen MR) is 122 cm³/mol. The average Bonchev–Trinajstić information content (AvgIpc) is 3.20. The molecule has 1 aliphatic heterocycles. The number of aryl methyl sites for hydroxylation is 1. The van der Waals surface area contributed by atoms with Crippen LogP contribution in [-0.2, 0) is 30.7 Å². The van der Waals surface area contributed by atoms with Gasteiger partial charge in [0.1, 0.15) is 17.6 Å². The summed E-state index contributed by atoms with van der Waals surface area (Å²) in [6.07, 6.45) is 3.16. The van der Waals surface area contributed by atoms with Gasteiger partial charge in [-0.15, -0.1) is 0 Å². The van der Waals surface area contributed by atoms with Gasteiger partial charge in [-0.05, 0) is 71.3 Å². The molecule has 5 rings (SSSR count). The SMILES string of the molecule is O=C(O)COc1ccc(O[C@@H]2CCc3cc(CN4CCc5ccccc5C4)ccc32)cc1. The van der Waals surface area contributed by atoms with Crippen molar-refractivity contribution in [2.75, 3.05) is 13.2 Å². The quantitative estimate of drug-likeness (QED) is 0.586. The molecule has 0 fully saturated rings. The number of carbonyl (C=O) groups is 1. The summed E-state index contributed by atoms with van der Waals surface area (Å²) in [4.78, 5) is 13.1. The van der Waals surface area contributed by atoms with Crippen LogP contribution in [0.3, 0.4) is 0 Å². The third kappa shape index (κ3) is 4.63. The lowest BCUT2D eigenvalue weighted by Gasteiger charge is -2.29. The van der Waals surface area contributed by atoms with Crippen LogP contribution in [0.1, 0.15) is 40.3 Å². The maximum absolute atomic E-state index is 10.6. The maximum atomic E-state index is 10.6. The first-order chi connectivity index (χ1) is 15.6. The van der Waals surface area contributed by atoms with Crippen molar-refractivity contribution in [2.45, 2.75) is 38.5 Å². The van der Waals surface area contributed by atoms with Gasteiger partial charge in [0.15, 0.2) is 6.61 Å². The number of carboxylic acids is 1. The van der Waals surface area contributed by atoms with Gasteiger partial charge in [0.25, 0.3) is 0 Å². The number of hydrogen-bond donors (Lipinski definition) is 1. The Morgan fingerprint density at radius 3 is 2.53 bits per heavy atom. The van der Waals surface area contributed by atoms with Crippen molar-refractivity contribution in [3.05, 3.63) is 94.5 Å². The first-order valence-corrected chi connectivity index (χ1v) is 11.2. The molecule has 2 aliphatic rings. The van der Waals surface area contributed by atoms with Crippen LogP contribution >= 0.6 is 0 Å². The van der Waals surface area contributed by atoms with Crippen molar-refractivity contribution in [2.24, 2.45) is 0 Å². The van der Waals surface area contributed by atoms with Crippen LogP contribution in [0.5, 0.6) is 11.5 Å². The molecule has 164 valence electrons. The molecule has 1 aliphatic carbocycles. The predicted octanol–water partition coefficient (Wildman–Crippen LogP) is 4.77. The molecule has 0 spiro atoms. The molecule has 1 heterocycles. The van der Waals surface area contributed by atoms with Gasteiger partial charge in [-0.2, -0.15) is 0 Å². The standard InChI is InChI=1S/C27H27NO4/c29-27(30)18-31-23-7-9-24(10-8-23)32-26-12-6-21-15-19(5-11-25(21)26)16-28-14-13-20-3-1-2-4-22(20)17-28/h1-5,7-11,15,26H,6,12-14,16-18H2,(H,29,30)/t26-/m1/s1. The number of ether oxygens (including phenoxy) is 2. The van der Waals surface area contributed by atoms with Crippen LogP contribution in [0.4, 0.5) is 0 Å². The lowest BCUT2D eigenvalue weighted by atomic mass is 9.99. The van der Waals surface area contributed by atoms with Gasteiger partial charge >= 0.3 is 5.97 Å². The topological polar surface area (TPSA) is 59.0 Å². The highest BCUT2D eigenvalue weighted by Gasteiger charge is 2.25. The largest absolute Gasteiger partial charge is 0.486 e. The molecule has 0 aromatic heterocycles. The Morgan fingerprint density at radius 1 is 0.938 bits per heavy atom. The zero-order valence-corrected chi connectivity index (χ0v) is 18.0. The van der Waals surface area contributed by atoms with E-state index in [9.17, 15) is 4.79 Å². The summed E-state index contributed by atoms with van der Waals surface area (Å²) in [6.45, 7) is 2.75. The lowest BCUT2D eigenvalue weighted by molar-refractivity contribution is -0.139. The smallest absolute Gasteiger partial charge is 0.341 e. The van der Waals surface area contributed by atoms with E-state index in [4.69, 9.17) is 14.6 Å².